The summed E-state index contributed by atoms with van der Waals surface area (Å²) in [5, 5.41) is 3.53. The molecule has 0 atom stereocenters. The Hall–Kier alpha value is -1.88. The lowest BCUT2D eigenvalue weighted by Gasteiger charge is -2.13. The van der Waals surface area contributed by atoms with Crippen molar-refractivity contribution in [3.05, 3.63) is 35.2 Å². The molecule has 1 aromatic rings. The van der Waals surface area contributed by atoms with E-state index in [9.17, 15) is 0 Å². The van der Waals surface area contributed by atoms with Crippen LogP contribution in [0.15, 0.2) is 28.8 Å². The fraction of sp³-hybridized carbons (Fsp3) is 0.545. The summed E-state index contributed by atoms with van der Waals surface area (Å²) in [6.07, 6.45) is 8.50. The average molecular weight is 367 g/mol. The number of aliphatic imine (C=N–C) groups is 1. The van der Waals surface area contributed by atoms with Gasteiger partial charge >= 0.3 is 0 Å². The van der Waals surface area contributed by atoms with E-state index >= 15 is 0 Å². The molecule has 2 rings (SSSR count). The number of nitrogens with two attached hydrogens (primary N) is 1. The van der Waals surface area contributed by atoms with Gasteiger partial charge in [0.1, 0.15) is 0 Å². The Bertz CT molecular complexity index is 690. The number of hydrogen-bond acceptors (Lipinski definition) is 4. The van der Waals surface area contributed by atoms with Crippen LogP contribution in [0.4, 0.5) is 5.69 Å². The number of aryl methyl sites for hydroxylation is 1. The highest BCUT2D eigenvalue weighted by Gasteiger charge is 2.23. The van der Waals surface area contributed by atoms with Crippen LogP contribution in [0, 0.1) is 6.92 Å². The van der Waals surface area contributed by atoms with E-state index in [-0.39, 0.29) is 0 Å². The number of unbranched alkanes of at least 4 members (excludes halogenated alkanes) is 2. The lowest BCUT2D eigenvalue weighted by molar-refractivity contribution is 0.814. The lowest BCUT2D eigenvalue weighted by atomic mass is 9.65. The first-order chi connectivity index (χ1) is 13.1. The van der Waals surface area contributed by atoms with Gasteiger partial charge in [0.05, 0.1) is 12.2 Å². The van der Waals surface area contributed by atoms with Gasteiger partial charge in [0.25, 0.3) is 0 Å². The topological polar surface area (TPSA) is 63.3 Å². The summed E-state index contributed by atoms with van der Waals surface area (Å²) in [7, 11) is 2.23. The van der Waals surface area contributed by atoms with Crippen LogP contribution in [0.1, 0.15) is 71.7 Å². The van der Waals surface area contributed by atoms with Gasteiger partial charge in [-0.05, 0) is 57.3 Å². The number of fused-ring (bicyclic) bond motifs is 1. The summed E-state index contributed by atoms with van der Waals surface area (Å²) in [6.45, 7) is 13.8. The molecule has 1 aromatic heterocycles. The van der Waals surface area contributed by atoms with Crippen molar-refractivity contribution in [3.8, 4) is 0 Å². The number of pyridine rings is 1. The van der Waals surface area contributed by atoms with Gasteiger partial charge in [-0.3, -0.25) is 9.98 Å². The Kier molecular flexibility index (Phi) is 10.7. The Labute approximate surface area is 166 Å². The number of allylic oxidation sites excluding steroid dienone is 2. The second-order valence-electron chi connectivity index (χ2n) is 6.65. The zero-order chi connectivity index (χ0) is 20.2. The highest BCUT2D eigenvalue weighted by atomic mass is 14.9. The molecule has 2 heterocycles. The fourth-order valence-electron chi connectivity index (χ4n) is 2.96. The minimum atomic E-state index is 0.662. The fourth-order valence-corrected chi connectivity index (χ4v) is 2.96. The van der Waals surface area contributed by atoms with Crippen molar-refractivity contribution >= 4 is 29.7 Å². The van der Waals surface area contributed by atoms with E-state index in [2.05, 4.69) is 50.5 Å². The summed E-state index contributed by atoms with van der Waals surface area (Å²) < 4.78 is 0. The van der Waals surface area contributed by atoms with Crippen LogP contribution in [0.3, 0.4) is 0 Å². The molecule has 5 heteroatoms. The smallest absolute Gasteiger partial charge is 0.192 e. The Morgan fingerprint density at radius 1 is 1.33 bits per heavy atom. The zero-order valence-electron chi connectivity index (χ0n) is 18.0. The molecule has 0 amide bonds. The minimum Gasteiger partial charge on any atom is -0.380 e. The number of anilines is 1. The first kappa shape index (κ1) is 23.2. The molecule has 0 fully saturated rings. The van der Waals surface area contributed by atoms with Crippen molar-refractivity contribution < 1.29 is 0 Å². The first-order valence-corrected chi connectivity index (χ1v) is 10.3. The van der Waals surface area contributed by atoms with Gasteiger partial charge in [0, 0.05) is 23.3 Å². The molecule has 27 heavy (non-hydrogen) atoms. The molecule has 1 aliphatic rings. The van der Waals surface area contributed by atoms with Crippen molar-refractivity contribution in [3.63, 3.8) is 0 Å². The van der Waals surface area contributed by atoms with Gasteiger partial charge in [-0.25, -0.2) is 0 Å². The minimum absolute atomic E-state index is 0.662. The maximum atomic E-state index is 5.74. The van der Waals surface area contributed by atoms with E-state index in [0.29, 0.717) is 6.54 Å². The monoisotopic (exact) mass is 367 g/mol. The number of rotatable bonds is 9. The highest BCUT2D eigenvalue weighted by molar-refractivity contribution is 6.67. The number of nitrogens with zero attached hydrogens (tertiary/aromatic N) is 2. The predicted octanol–water partition coefficient (Wildman–Crippen LogP) is 4.42. The molecule has 1 aliphatic heterocycles. The van der Waals surface area contributed by atoms with E-state index in [1.807, 2.05) is 27.0 Å². The number of aromatic nitrogens is 1. The molecule has 1 radical (unpaired) electrons. The second-order valence-corrected chi connectivity index (χ2v) is 6.65. The molecule has 0 saturated heterocycles. The average Bonchev–Trinajstić information content (AvgIpc) is 2.98. The summed E-state index contributed by atoms with van der Waals surface area (Å²) >= 11 is 0. The van der Waals surface area contributed by atoms with Crippen molar-refractivity contribution in [2.75, 3.05) is 18.4 Å². The Morgan fingerprint density at radius 2 is 2.07 bits per heavy atom. The quantitative estimate of drug-likeness (QED) is 0.386. The lowest BCUT2D eigenvalue weighted by Crippen LogP contribution is -2.24. The molecule has 147 valence electrons. The van der Waals surface area contributed by atoms with Gasteiger partial charge in [0.15, 0.2) is 7.28 Å². The van der Waals surface area contributed by atoms with E-state index in [1.165, 1.54) is 29.4 Å². The summed E-state index contributed by atoms with van der Waals surface area (Å²) in [6, 6.07) is 2.11. The molecule has 0 saturated carbocycles. The van der Waals surface area contributed by atoms with E-state index in [1.54, 1.807) is 0 Å². The number of nitrogens with one attached hydrogen (secondary N) is 1. The highest BCUT2D eigenvalue weighted by Crippen LogP contribution is 2.26. The van der Waals surface area contributed by atoms with E-state index in [4.69, 9.17) is 10.7 Å². The van der Waals surface area contributed by atoms with Crippen LogP contribution in [-0.4, -0.2) is 31.1 Å². The van der Waals surface area contributed by atoms with Crippen LogP contribution in [0.5, 0.6) is 0 Å². The summed E-state index contributed by atoms with van der Waals surface area (Å²) in [4.78, 5) is 9.23. The van der Waals surface area contributed by atoms with Crippen molar-refractivity contribution in [1.82, 2.24) is 4.98 Å². The summed E-state index contributed by atoms with van der Waals surface area (Å²) in [5.74, 6) is 0. The second kappa shape index (κ2) is 12.5. The van der Waals surface area contributed by atoms with Gasteiger partial charge in [0.2, 0.25) is 0 Å². The third-order valence-corrected chi connectivity index (χ3v) is 4.42. The molecule has 4 nitrogen and oxygen atoms in total. The van der Waals surface area contributed by atoms with Gasteiger partial charge in [-0.2, -0.15) is 0 Å². The van der Waals surface area contributed by atoms with Crippen LogP contribution in [0.2, 0.25) is 0 Å². The van der Waals surface area contributed by atoms with E-state index < -0.39 is 0 Å². The van der Waals surface area contributed by atoms with Crippen LogP contribution in [-0.2, 0) is 0 Å². The third-order valence-electron chi connectivity index (χ3n) is 4.42. The molecule has 0 bridgehead atoms. The normalized spacial score (nSPS) is 13.4. The standard InChI is InChI=1S/C20H30BN4.C2H6/c1-5-6-7-8-11-23-15(3)13-24-18-12-14(2)25-20-16(4)17(9-10-22)21-19(18)20;1-2/h8,11-12H,5-7,9-10,13,22H2,1-4H3,(H,24,25);1-2H3/b11-8-,23-15?;. The molecular weight excluding hydrogens is 331 g/mol. The molecule has 0 aromatic carbocycles. The zero-order valence-corrected chi connectivity index (χ0v) is 18.0. The molecular formula is C22H36BN4. The number of hydrogen-bond donors (Lipinski definition) is 2. The Morgan fingerprint density at radius 3 is 2.74 bits per heavy atom. The maximum absolute atomic E-state index is 5.74. The molecule has 0 aliphatic carbocycles. The SMILES string of the molecule is CC.CCCC/C=C\N=C(C)CNc1cc(C)nc2c1[B]C(CCN)=C2C. The largest absolute Gasteiger partial charge is 0.380 e. The van der Waals surface area contributed by atoms with Crippen molar-refractivity contribution in [1.29, 1.82) is 0 Å². The van der Waals surface area contributed by atoms with Crippen LogP contribution in [0.25, 0.3) is 5.57 Å². The van der Waals surface area contributed by atoms with Crippen LogP contribution < -0.4 is 16.5 Å². The first-order valence-electron chi connectivity index (χ1n) is 10.3. The summed E-state index contributed by atoms with van der Waals surface area (Å²) in [5.41, 5.74) is 13.8. The van der Waals surface area contributed by atoms with E-state index in [0.717, 1.165) is 42.2 Å². The van der Waals surface area contributed by atoms with Gasteiger partial charge < -0.3 is 11.1 Å². The molecule has 3 N–H and O–H groups in total. The van der Waals surface area contributed by atoms with Crippen molar-refractivity contribution in [2.45, 2.75) is 67.2 Å². The maximum Gasteiger partial charge on any atom is 0.192 e. The predicted molar refractivity (Wildman–Crippen MR) is 122 cm³/mol. The third kappa shape index (κ3) is 6.98. The molecule has 0 unspecified atom stereocenters. The molecule has 0 spiro atoms. The Balaban J connectivity index is 0.00000176. The van der Waals surface area contributed by atoms with Crippen molar-refractivity contribution in [2.24, 2.45) is 10.7 Å². The van der Waals surface area contributed by atoms with Gasteiger partial charge in [-0.1, -0.05) is 45.2 Å². The van der Waals surface area contributed by atoms with Gasteiger partial charge in [-0.15, -0.1) is 0 Å². The van der Waals surface area contributed by atoms with Crippen LogP contribution >= 0.6 is 0 Å².